The summed E-state index contributed by atoms with van der Waals surface area (Å²) in [6, 6.07) is 1.56. The first-order valence-electron chi connectivity index (χ1n) is 7.87. The fourth-order valence-electron chi connectivity index (χ4n) is 3.05. The van der Waals surface area contributed by atoms with E-state index in [9.17, 15) is 9.90 Å². The summed E-state index contributed by atoms with van der Waals surface area (Å²) in [6.07, 6.45) is 1.11. The Kier molecular flexibility index (Phi) is 5.34. The van der Waals surface area contributed by atoms with E-state index in [0.717, 1.165) is 16.2 Å². The Morgan fingerprint density at radius 3 is 2.80 bits per heavy atom. The fraction of sp³-hybridized carbons (Fsp3) is 0.412. The summed E-state index contributed by atoms with van der Waals surface area (Å²) in [6.45, 7) is 4.35. The Bertz CT molecular complexity index is 838. The largest absolute Gasteiger partial charge is 0.493 e. The minimum atomic E-state index is -0.412. The second kappa shape index (κ2) is 7.19. The van der Waals surface area contributed by atoms with Crippen molar-refractivity contribution in [1.82, 2.24) is 9.78 Å². The van der Waals surface area contributed by atoms with Crippen molar-refractivity contribution in [1.29, 1.82) is 0 Å². The van der Waals surface area contributed by atoms with Gasteiger partial charge in [0.05, 0.1) is 22.3 Å². The molecule has 0 radical (unpaired) electrons. The molecule has 0 spiro atoms. The minimum Gasteiger partial charge on any atom is -0.493 e. The second-order valence-electron chi connectivity index (χ2n) is 5.93. The van der Waals surface area contributed by atoms with E-state index in [4.69, 9.17) is 27.9 Å². The number of carbonyl (C=O) groups excluding carboxylic acids is 1. The Morgan fingerprint density at radius 2 is 2.20 bits per heavy atom. The van der Waals surface area contributed by atoms with E-state index in [2.05, 4.69) is 12.0 Å². The van der Waals surface area contributed by atoms with Crippen LogP contribution in [0.15, 0.2) is 17.2 Å². The highest BCUT2D eigenvalue weighted by atomic mass is 35.5. The van der Waals surface area contributed by atoms with Gasteiger partial charge >= 0.3 is 0 Å². The van der Waals surface area contributed by atoms with Crippen LogP contribution in [0.2, 0.25) is 10.0 Å². The molecule has 8 heteroatoms. The van der Waals surface area contributed by atoms with Gasteiger partial charge in [0.15, 0.2) is 0 Å². The van der Waals surface area contributed by atoms with Crippen molar-refractivity contribution in [3.8, 4) is 5.88 Å². The Hall–Kier alpha value is -1.21. The van der Waals surface area contributed by atoms with Gasteiger partial charge < -0.3 is 9.84 Å². The zero-order valence-corrected chi connectivity index (χ0v) is 16.4. The predicted molar refractivity (Wildman–Crippen MR) is 99.1 cm³/mol. The molecule has 2 unspecified atom stereocenters. The zero-order valence-electron chi connectivity index (χ0n) is 14.0. The monoisotopic (exact) mass is 400 g/mol. The second-order valence-corrected chi connectivity index (χ2v) is 7.75. The average Bonchev–Trinajstić information content (AvgIpc) is 2.97. The zero-order chi connectivity index (χ0) is 18.3. The van der Waals surface area contributed by atoms with Crippen molar-refractivity contribution < 1.29 is 14.6 Å². The number of carbonyl (C=O) groups is 1. The smallest absolute Gasteiger partial charge is 0.220 e. The number of aryl methyl sites for hydroxylation is 1. The van der Waals surface area contributed by atoms with Gasteiger partial charge in [0.2, 0.25) is 11.7 Å². The summed E-state index contributed by atoms with van der Waals surface area (Å²) >= 11 is 14.6. The fourth-order valence-corrected chi connectivity index (χ4v) is 5.00. The van der Waals surface area contributed by atoms with Crippen LogP contribution in [0.4, 0.5) is 0 Å². The molecule has 0 fully saturated rings. The van der Waals surface area contributed by atoms with Crippen molar-refractivity contribution in [2.75, 3.05) is 12.9 Å². The highest BCUT2D eigenvalue weighted by Gasteiger charge is 2.34. The topological polar surface area (TPSA) is 64.4 Å². The minimum absolute atomic E-state index is 0.102. The van der Waals surface area contributed by atoms with Crippen LogP contribution in [0.1, 0.15) is 41.4 Å². The van der Waals surface area contributed by atoms with Gasteiger partial charge in [-0.05, 0) is 18.9 Å². The van der Waals surface area contributed by atoms with Crippen LogP contribution in [0.5, 0.6) is 5.88 Å². The average molecular weight is 401 g/mol. The molecule has 3 rings (SSSR count). The molecule has 1 aliphatic heterocycles. The highest BCUT2D eigenvalue weighted by Crippen LogP contribution is 2.49. The number of aromatic hydroxyl groups is 1. The summed E-state index contributed by atoms with van der Waals surface area (Å²) in [4.78, 5) is 13.8. The Labute approximate surface area is 160 Å². The number of hydrogen-bond donors (Lipinski definition) is 1. The highest BCUT2D eigenvalue weighted by molar-refractivity contribution is 7.99. The lowest BCUT2D eigenvalue weighted by Crippen LogP contribution is -2.21. The molecule has 25 heavy (non-hydrogen) atoms. The lowest BCUT2D eigenvalue weighted by atomic mass is 9.94. The van der Waals surface area contributed by atoms with E-state index in [-0.39, 0.29) is 29.0 Å². The predicted octanol–water partition coefficient (Wildman–Crippen LogP) is 4.58. The molecule has 1 N–H and O–H groups in total. The number of ketones is 1. The third-order valence-electron chi connectivity index (χ3n) is 4.35. The molecule has 0 saturated heterocycles. The number of ether oxygens (including phenoxy) is 1. The normalized spacial score (nSPS) is 19.7. The van der Waals surface area contributed by atoms with E-state index in [1.807, 2.05) is 6.92 Å². The van der Waals surface area contributed by atoms with Crippen LogP contribution in [0.25, 0.3) is 0 Å². The first-order chi connectivity index (χ1) is 11.9. The maximum atomic E-state index is 12.9. The molecular formula is C17H18Cl2N2O3S. The molecule has 0 amide bonds. The third kappa shape index (κ3) is 3.05. The van der Waals surface area contributed by atoms with E-state index >= 15 is 0 Å². The molecular weight excluding hydrogens is 383 g/mol. The number of halogens is 2. The maximum Gasteiger partial charge on any atom is 0.220 e. The van der Waals surface area contributed by atoms with Crippen molar-refractivity contribution in [3.05, 3.63) is 39.0 Å². The summed E-state index contributed by atoms with van der Waals surface area (Å²) in [5, 5.41) is 15.0. The van der Waals surface area contributed by atoms with Gasteiger partial charge in [-0.15, -0.1) is 11.8 Å². The standard InChI is InChI=1S/C17H18Cl2N2O3S/c1-4-21-17(23)10(6-20-21)14(22)9-5-11(18)16-12(13(9)19)15(24-3)8(2)7-25-16/h5-6,8,15,23H,4,7H2,1-3H3. The van der Waals surface area contributed by atoms with Crippen LogP contribution in [0, 0.1) is 5.92 Å². The summed E-state index contributed by atoms with van der Waals surface area (Å²) in [5.74, 6) is 0.505. The molecule has 134 valence electrons. The summed E-state index contributed by atoms with van der Waals surface area (Å²) < 4.78 is 6.96. The van der Waals surface area contributed by atoms with Gasteiger partial charge in [-0.3, -0.25) is 4.79 Å². The van der Waals surface area contributed by atoms with Crippen molar-refractivity contribution in [3.63, 3.8) is 0 Å². The van der Waals surface area contributed by atoms with Crippen LogP contribution in [-0.4, -0.2) is 33.5 Å². The first kappa shape index (κ1) is 18.6. The van der Waals surface area contributed by atoms with Gasteiger partial charge in [0.25, 0.3) is 0 Å². The molecule has 5 nitrogen and oxygen atoms in total. The van der Waals surface area contributed by atoms with Crippen molar-refractivity contribution >= 4 is 40.7 Å². The van der Waals surface area contributed by atoms with Crippen LogP contribution in [0.3, 0.4) is 0 Å². The lowest BCUT2D eigenvalue weighted by Gasteiger charge is -2.31. The van der Waals surface area contributed by atoms with Crippen LogP contribution < -0.4 is 0 Å². The quantitative estimate of drug-likeness (QED) is 0.760. The van der Waals surface area contributed by atoms with Crippen molar-refractivity contribution in [2.45, 2.75) is 31.4 Å². The molecule has 1 aromatic heterocycles. The number of hydrogen-bond acceptors (Lipinski definition) is 5. The number of benzene rings is 1. The van der Waals surface area contributed by atoms with Gasteiger partial charge in [-0.2, -0.15) is 5.10 Å². The third-order valence-corrected chi connectivity index (χ3v) is 6.59. The SMILES string of the molecule is CCn1ncc(C(=O)c2cc(Cl)c3c(c2Cl)C(OC)C(C)CS3)c1O. The lowest BCUT2D eigenvalue weighted by molar-refractivity contribution is 0.0624. The molecule has 2 aromatic rings. The van der Waals surface area contributed by atoms with Crippen LogP contribution >= 0.6 is 35.0 Å². The van der Waals surface area contributed by atoms with Crippen LogP contribution in [-0.2, 0) is 11.3 Å². The molecule has 1 aromatic carbocycles. The van der Waals surface area contributed by atoms with Crippen molar-refractivity contribution in [2.24, 2.45) is 5.92 Å². The molecule has 0 saturated carbocycles. The van der Waals surface area contributed by atoms with E-state index in [0.29, 0.717) is 16.6 Å². The Balaban J connectivity index is 2.15. The van der Waals surface area contributed by atoms with E-state index in [1.54, 1.807) is 24.9 Å². The van der Waals surface area contributed by atoms with E-state index in [1.165, 1.54) is 10.9 Å². The maximum absolute atomic E-state index is 12.9. The molecule has 0 aliphatic carbocycles. The number of aromatic nitrogens is 2. The summed E-state index contributed by atoms with van der Waals surface area (Å²) in [7, 11) is 1.62. The number of methoxy groups -OCH3 is 1. The summed E-state index contributed by atoms with van der Waals surface area (Å²) in [5.41, 5.74) is 1.09. The Morgan fingerprint density at radius 1 is 1.48 bits per heavy atom. The van der Waals surface area contributed by atoms with Gasteiger partial charge in [-0.1, -0.05) is 30.1 Å². The van der Waals surface area contributed by atoms with Gasteiger partial charge in [-0.25, -0.2) is 4.68 Å². The molecule has 0 bridgehead atoms. The van der Waals surface area contributed by atoms with Gasteiger partial charge in [0, 0.05) is 35.4 Å². The number of rotatable bonds is 4. The molecule has 2 heterocycles. The van der Waals surface area contributed by atoms with E-state index < -0.39 is 5.78 Å². The number of thioether (sulfide) groups is 1. The first-order valence-corrected chi connectivity index (χ1v) is 9.61. The van der Waals surface area contributed by atoms with Gasteiger partial charge in [0.1, 0.15) is 5.56 Å². The molecule has 2 atom stereocenters. The molecule has 1 aliphatic rings. The number of fused-ring (bicyclic) bond motifs is 1. The number of nitrogens with zero attached hydrogens (tertiary/aromatic N) is 2.